The zero-order valence-corrected chi connectivity index (χ0v) is 7.66. The molecule has 0 saturated heterocycles. The van der Waals surface area contributed by atoms with Gasteiger partial charge in [0.05, 0.1) is 0 Å². The van der Waals surface area contributed by atoms with Crippen LogP contribution >= 0.6 is 8.03 Å². The van der Waals surface area contributed by atoms with Crippen molar-refractivity contribution in [1.82, 2.24) is 0 Å². The third-order valence-corrected chi connectivity index (χ3v) is 2.28. The second kappa shape index (κ2) is 4.29. The second-order valence-electron chi connectivity index (χ2n) is 2.64. The molecule has 0 fully saturated rings. The van der Waals surface area contributed by atoms with Gasteiger partial charge in [-0.2, -0.15) is 0 Å². The summed E-state index contributed by atoms with van der Waals surface area (Å²) >= 11 is 0. The Kier molecular flexibility index (Phi) is 3.32. The van der Waals surface area contributed by atoms with E-state index in [2.05, 4.69) is 0 Å². The van der Waals surface area contributed by atoms with E-state index >= 15 is 0 Å². The molecule has 0 saturated carbocycles. The molecule has 12 heavy (non-hydrogen) atoms. The van der Waals surface area contributed by atoms with Crippen LogP contribution in [0, 0.1) is 0 Å². The quantitative estimate of drug-likeness (QED) is 0.550. The van der Waals surface area contributed by atoms with Crippen molar-refractivity contribution in [3.05, 3.63) is 29.8 Å². The maximum Gasteiger partial charge on any atom is 0.189 e. The van der Waals surface area contributed by atoms with Crippen LogP contribution < -0.4 is 5.73 Å². The molecule has 1 aromatic rings. The monoisotopic (exact) mass is 185 g/mol. The molecule has 66 valence electrons. The Labute approximate surface area is 72.1 Å². The predicted octanol–water partition coefficient (Wildman–Crippen LogP) is 1.28. The smallest absolute Gasteiger partial charge is 0.189 e. The molecule has 0 radical (unpaired) electrons. The molecule has 0 aliphatic rings. The van der Waals surface area contributed by atoms with Gasteiger partial charge >= 0.3 is 0 Å². The van der Waals surface area contributed by atoms with Crippen molar-refractivity contribution in [2.24, 2.45) is 0 Å². The number of benzene rings is 1. The van der Waals surface area contributed by atoms with E-state index in [4.69, 9.17) is 10.6 Å². The fraction of sp³-hybridized carbons (Fsp3) is 0.250. The van der Waals surface area contributed by atoms with E-state index in [9.17, 15) is 4.57 Å². The Morgan fingerprint density at radius 1 is 1.33 bits per heavy atom. The van der Waals surface area contributed by atoms with E-state index in [1.165, 1.54) is 0 Å². The fourth-order valence-electron chi connectivity index (χ4n) is 0.936. The molecule has 0 aromatic heterocycles. The lowest BCUT2D eigenvalue weighted by atomic mass is 10.2. The van der Waals surface area contributed by atoms with Gasteiger partial charge in [-0.15, -0.1) is 0 Å². The fourth-order valence-corrected chi connectivity index (χ4v) is 1.44. The van der Waals surface area contributed by atoms with E-state index in [0.29, 0.717) is 12.6 Å². The minimum atomic E-state index is -2.32. The van der Waals surface area contributed by atoms with Crippen molar-refractivity contribution in [3.63, 3.8) is 0 Å². The first-order valence-electron chi connectivity index (χ1n) is 3.74. The topological polar surface area (TPSA) is 63.3 Å². The Hall–Kier alpha value is -0.790. The number of hydrogen-bond acceptors (Lipinski definition) is 2. The first-order chi connectivity index (χ1) is 5.68. The molecule has 4 heteroatoms. The molecular formula is C8H12NO2P. The summed E-state index contributed by atoms with van der Waals surface area (Å²) < 4.78 is 10.4. The Bertz CT molecular complexity index is 271. The predicted molar refractivity (Wildman–Crippen MR) is 50.6 cm³/mol. The summed E-state index contributed by atoms with van der Waals surface area (Å²) in [6.07, 6.45) is 1.00. The lowest BCUT2D eigenvalue weighted by Crippen LogP contribution is -1.89. The van der Waals surface area contributed by atoms with Crippen LogP contribution in [-0.2, 0) is 11.0 Å². The van der Waals surface area contributed by atoms with E-state index < -0.39 is 8.03 Å². The lowest BCUT2D eigenvalue weighted by molar-refractivity contribution is 0.502. The van der Waals surface area contributed by atoms with Crippen LogP contribution in [0.1, 0.15) is 5.56 Å². The first kappa shape index (κ1) is 9.30. The minimum Gasteiger partial charge on any atom is -0.399 e. The maximum atomic E-state index is 10.4. The van der Waals surface area contributed by atoms with Crippen molar-refractivity contribution in [2.75, 3.05) is 11.9 Å². The van der Waals surface area contributed by atoms with Crippen LogP contribution in [-0.4, -0.2) is 11.1 Å². The molecule has 0 amide bonds. The van der Waals surface area contributed by atoms with Gasteiger partial charge < -0.3 is 10.6 Å². The van der Waals surface area contributed by atoms with Crippen molar-refractivity contribution in [1.29, 1.82) is 0 Å². The van der Waals surface area contributed by atoms with Crippen LogP contribution in [0.4, 0.5) is 5.69 Å². The number of anilines is 1. The van der Waals surface area contributed by atoms with Gasteiger partial charge in [-0.1, -0.05) is 12.1 Å². The van der Waals surface area contributed by atoms with Gasteiger partial charge in [-0.05, 0) is 24.1 Å². The summed E-state index contributed by atoms with van der Waals surface area (Å²) in [5.41, 5.74) is 7.25. The summed E-state index contributed by atoms with van der Waals surface area (Å²) in [7, 11) is -2.32. The highest BCUT2D eigenvalue weighted by molar-refractivity contribution is 7.37. The molecular weight excluding hydrogens is 173 g/mol. The average Bonchev–Trinajstić information content (AvgIpc) is 2.03. The molecule has 3 N–H and O–H groups in total. The van der Waals surface area contributed by atoms with Gasteiger partial charge in [0.25, 0.3) is 0 Å². The number of nitrogen functional groups attached to an aromatic ring is 1. The maximum absolute atomic E-state index is 10.4. The summed E-state index contributed by atoms with van der Waals surface area (Å²) in [5.74, 6) is 0. The van der Waals surface area contributed by atoms with E-state index in [1.54, 1.807) is 12.1 Å². The summed E-state index contributed by atoms with van der Waals surface area (Å²) in [6.45, 7) is 0. The zero-order valence-electron chi connectivity index (χ0n) is 6.66. The van der Waals surface area contributed by atoms with Crippen molar-refractivity contribution >= 4 is 13.7 Å². The average molecular weight is 185 g/mol. The molecule has 1 aromatic carbocycles. The van der Waals surface area contributed by atoms with Crippen LogP contribution in [0.25, 0.3) is 0 Å². The second-order valence-corrected chi connectivity index (χ2v) is 3.92. The summed E-state index contributed by atoms with van der Waals surface area (Å²) in [5, 5.41) is 0. The van der Waals surface area contributed by atoms with Crippen LogP contribution in [0.3, 0.4) is 0 Å². The number of hydrogen-bond donors (Lipinski definition) is 2. The first-order valence-corrected chi connectivity index (χ1v) is 5.31. The van der Waals surface area contributed by atoms with E-state index in [0.717, 1.165) is 11.3 Å². The van der Waals surface area contributed by atoms with Gasteiger partial charge in [-0.3, -0.25) is 4.57 Å². The number of aryl methyl sites for hydroxylation is 1. The summed E-state index contributed by atoms with van der Waals surface area (Å²) in [6, 6.07) is 7.34. The van der Waals surface area contributed by atoms with Gasteiger partial charge in [-0.25, -0.2) is 0 Å². The number of rotatable bonds is 3. The van der Waals surface area contributed by atoms with Gasteiger partial charge in [0.2, 0.25) is 0 Å². The van der Waals surface area contributed by atoms with Gasteiger partial charge in [0.15, 0.2) is 8.03 Å². The van der Waals surface area contributed by atoms with Gasteiger partial charge in [0, 0.05) is 11.8 Å². The Balaban J connectivity index is 2.53. The van der Waals surface area contributed by atoms with E-state index in [1.807, 2.05) is 12.1 Å². The third-order valence-electron chi connectivity index (χ3n) is 1.61. The standard InChI is InChI=1S/C8H12NO2P/c9-8-3-1-7(2-4-8)5-6-12(10)11/h1-4,12H,5-6,9H2,(H,10,11). The normalized spacial score (nSPS) is 12.8. The molecule has 0 spiro atoms. The third kappa shape index (κ3) is 3.07. The molecule has 0 heterocycles. The van der Waals surface area contributed by atoms with Crippen molar-refractivity contribution < 1.29 is 9.46 Å². The summed E-state index contributed by atoms with van der Waals surface area (Å²) in [4.78, 5) is 8.59. The van der Waals surface area contributed by atoms with Crippen molar-refractivity contribution in [2.45, 2.75) is 6.42 Å². The molecule has 1 rings (SSSR count). The number of nitrogens with two attached hydrogens (primary N) is 1. The molecule has 0 aliphatic carbocycles. The van der Waals surface area contributed by atoms with Gasteiger partial charge in [0.1, 0.15) is 0 Å². The van der Waals surface area contributed by atoms with Crippen LogP contribution in [0.15, 0.2) is 24.3 Å². The van der Waals surface area contributed by atoms with E-state index in [-0.39, 0.29) is 0 Å². The lowest BCUT2D eigenvalue weighted by Gasteiger charge is -1.98. The van der Waals surface area contributed by atoms with Crippen molar-refractivity contribution in [3.8, 4) is 0 Å². The largest absolute Gasteiger partial charge is 0.399 e. The van der Waals surface area contributed by atoms with Crippen LogP contribution in [0.2, 0.25) is 0 Å². The zero-order chi connectivity index (χ0) is 8.97. The molecule has 1 atom stereocenters. The van der Waals surface area contributed by atoms with Crippen LogP contribution in [0.5, 0.6) is 0 Å². The Morgan fingerprint density at radius 3 is 2.42 bits per heavy atom. The molecule has 0 aliphatic heterocycles. The Morgan fingerprint density at radius 2 is 1.92 bits per heavy atom. The highest BCUT2D eigenvalue weighted by atomic mass is 31.1. The minimum absolute atomic E-state index is 0.356. The SMILES string of the molecule is Nc1ccc(CC[PH](=O)O)cc1. The molecule has 3 nitrogen and oxygen atoms in total. The molecule has 0 bridgehead atoms. The highest BCUT2D eigenvalue weighted by Gasteiger charge is 1.95. The molecule has 1 unspecified atom stereocenters. The highest BCUT2D eigenvalue weighted by Crippen LogP contribution is 2.15.